The van der Waals surface area contributed by atoms with E-state index in [0.29, 0.717) is 13.3 Å². The van der Waals surface area contributed by atoms with E-state index in [-0.39, 0.29) is 0 Å². The van der Waals surface area contributed by atoms with Crippen LogP contribution in [0, 0.1) is 5.92 Å². The summed E-state index contributed by atoms with van der Waals surface area (Å²) in [5.41, 5.74) is -8.94. The number of aliphatic hydroxyl groups excluding tert-OH is 1. The van der Waals surface area contributed by atoms with Gasteiger partial charge in [-0.25, -0.2) is 0 Å². The average Bonchev–Trinajstić information content (AvgIpc) is 2.80. The molecule has 0 aromatic carbocycles. The third-order valence-electron chi connectivity index (χ3n) is 8.13. The van der Waals surface area contributed by atoms with E-state index >= 15 is 0 Å². The van der Waals surface area contributed by atoms with Gasteiger partial charge in [0.25, 0.3) is 0 Å². The molecule has 1 saturated heterocycles. The van der Waals surface area contributed by atoms with Crippen LogP contribution in [0.3, 0.4) is 0 Å². The number of aliphatic hydroxyl groups is 5. The van der Waals surface area contributed by atoms with Gasteiger partial charge >= 0.3 is 208 Å². The Bertz CT molecular complexity index is 741. The van der Waals surface area contributed by atoms with E-state index in [4.69, 9.17) is 7.81 Å². The Hall–Kier alpha value is -0.141. The zero-order valence-corrected chi connectivity index (χ0v) is 24.3. The number of hydrogen-bond acceptors (Lipinski definition) is 9. The van der Waals surface area contributed by atoms with Crippen LogP contribution in [-0.4, -0.2) is 90.9 Å². The standard InChI is InChI=1S/C12H17O9.3C4H9.Sn/c1-4-7(15)8-9(4,16)10(17,5(2)13)11(18,6(3)14)12(19,20)21-8;3*1-3-4-2;/h4,7-8,15-19H,1-3H3;3*1,3-4H2,2H3;/q-1;;;;+1/t4?,7?,8-,9-,10+,11-,12?;;;;/m1..../s1. The monoisotopic (exact) mass is 596 g/mol. The van der Waals surface area contributed by atoms with E-state index in [1.54, 1.807) is 0 Å². The number of carbonyl (C=O) groups excluding carboxylic acids is 2. The molecule has 2 rings (SSSR count). The second kappa shape index (κ2) is 10.7. The fourth-order valence-corrected chi connectivity index (χ4v) is 19.6. The molecule has 9 nitrogen and oxygen atoms in total. The van der Waals surface area contributed by atoms with Crippen molar-refractivity contribution in [3.63, 3.8) is 0 Å². The summed E-state index contributed by atoms with van der Waals surface area (Å²) in [7, 11) is 0. The van der Waals surface area contributed by atoms with Gasteiger partial charge < -0.3 is 0 Å². The van der Waals surface area contributed by atoms with Gasteiger partial charge in [-0.15, -0.1) is 0 Å². The van der Waals surface area contributed by atoms with Crippen LogP contribution in [0.25, 0.3) is 0 Å². The summed E-state index contributed by atoms with van der Waals surface area (Å²) < 4.78 is 14.2. The molecule has 0 spiro atoms. The third-order valence-corrected chi connectivity index (χ3v) is 21.0. The molecular weight excluding hydrogens is 551 g/mol. The Labute approximate surface area is 207 Å². The predicted octanol–water partition coefficient (Wildman–Crippen LogP) is 1.78. The van der Waals surface area contributed by atoms with Gasteiger partial charge in [-0.05, 0) is 0 Å². The fraction of sp³-hybridized carbons (Fsp3) is 0.917. The van der Waals surface area contributed by atoms with E-state index in [9.17, 15) is 35.1 Å². The number of Topliss-reactive ketones (excluding diaryl/α,β-unsaturated/α-hetero) is 2. The summed E-state index contributed by atoms with van der Waals surface area (Å²) in [5, 5.41) is 57.2. The third kappa shape index (κ3) is 4.21. The van der Waals surface area contributed by atoms with Gasteiger partial charge in [-0.2, -0.15) is 0 Å². The average molecular weight is 595 g/mol. The molecule has 1 saturated carbocycles. The molecule has 7 atom stereocenters. The van der Waals surface area contributed by atoms with Gasteiger partial charge in [0, 0.05) is 0 Å². The fourth-order valence-electron chi connectivity index (χ4n) is 5.82. The SMILES string of the molecule is CCC[CH2][Sn]([CH2]CCC)([CH2]CCC)[O]C1(O)O[C@@H]2C(O)C(C)[C@]2(O)[C@@](O)(C(C)=O)[C@]1(O)C(C)=O. The Morgan fingerprint density at radius 3 is 1.62 bits per heavy atom. The maximum absolute atomic E-state index is 13.0. The first-order valence-electron chi connectivity index (χ1n) is 12.7. The quantitative estimate of drug-likeness (QED) is 0.158. The van der Waals surface area contributed by atoms with Crippen molar-refractivity contribution in [2.45, 2.75) is 128 Å². The topological polar surface area (TPSA) is 154 Å². The van der Waals surface area contributed by atoms with E-state index in [2.05, 4.69) is 0 Å². The van der Waals surface area contributed by atoms with Gasteiger partial charge in [0.05, 0.1) is 0 Å². The van der Waals surface area contributed by atoms with Crippen LogP contribution >= 0.6 is 0 Å². The molecule has 34 heavy (non-hydrogen) atoms. The summed E-state index contributed by atoms with van der Waals surface area (Å²) >= 11 is -3.88. The van der Waals surface area contributed by atoms with Crippen molar-refractivity contribution < 1.29 is 42.9 Å². The van der Waals surface area contributed by atoms with Gasteiger partial charge in [0.2, 0.25) is 0 Å². The van der Waals surface area contributed by atoms with Gasteiger partial charge in [-0.1, -0.05) is 0 Å². The molecule has 198 valence electrons. The molecule has 0 aromatic rings. The summed E-state index contributed by atoms with van der Waals surface area (Å²) in [4.78, 5) is 25.8. The number of rotatable bonds is 13. The molecule has 2 fully saturated rings. The summed E-state index contributed by atoms with van der Waals surface area (Å²) in [5.74, 6) is -6.51. The minimum absolute atomic E-state index is 0.692. The first kappa shape index (κ1) is 30.1. The number of fused-ring (bicyclic) bond motifs is 1. The summed E-state index contributed by atoms with van der Waals surface area (Å²) in [6.45, 7) is 9.32. The van der Waals surface area contributed by atoms with Crippen molar-refractivity contribution in [2.24, 2.45) is 5.92 Å². The molecule has 0 bridgehead atoms. The van der Waals surface area contributed by atoms with Crippen molar-refractivity contribution in [1.82, 2.24) is 0 Å². The van der Waals surface area contributed by atoms with Crippen LogP contribution in [0.15, 0.2) is 0 Å². The number of ketones is 2. The molecule has 1 aliphatic carbocycles. The van der Waals surface area contributed by atoms with Crippen molar-refractivity contribution in [3.8, 4) is 0 Å². The van der Waals surface area contributed by atoms with Gasteiger partial charge in [-0.3, -0.25) is 0 Å². The van der Waals surface area contributed by atoms with Crippen LogP contribution in [0.4, 0.5) is 0 Å². The normalized spacial score (nSPS) is 39.9. The number of unbranched alkanes of at least 4 members (excludes halogenated alkanes) is 3. The van der Waals surface area contributed by atoms with Crippen molar-refractivity contribution in [1.29, 1.82) is 0 Å². The maximum atomic E-state index is 13.0. The zero-order chi connectivity index (χ0) is 26.2. The van der Waals surface area contributed by atoms with Gasteiger partial charge in [0.15, 0.2) is 0 Å². The number of hydrogen-bond donors (Lipinski definition) is 5. The molecule has 2 aliphatic rings. The minimum atomic E-state index is -3.88. The number of ether oxygens (including phenoxy) is 1. The second-order valence-corrected chi connectivity index (χ2v) is 22.0. The first-order chi connectivity index (χ1) is 15.7. The second-order valence-electron chi connectivity index (χ2n) is 10.4. The molecule has 3 unspecified atom stereocenters. The zero-order valence-electron chi connectivity index (χ0n) is 21.5. The Kier molecular flexibility index (Phi) is 9.46. The Morgan fingerprint density at radius 2 is 1.26 bits per heavy atom. The van der Waals surface area contributed by atoms with Gasteiger partial charge in [0.1, 0.15) is 0 Å². The summed E-state index contributed by atoms with van der Waals surface area (Å²) in [6.07, 6.45) is 2.13. The van der Waals surface area contributed by atoms with E-state index in [0.717, 1.165) is 52.4 Å². The van der Waals surface area contributed by atoms with E-state index in [1.807, 2.05) is 20.8 Å². The molecule has 10 heteroatoms. The summed E-state index contributed by atoms with van der Waals surface area (Å²) in [6, 6.07) is 0. The Balaban J connectivity index is 2.72. The molecule has 0 amide bonds. The van der Waals surface area contributed by atoms with Crippen LogP contribution in [0.1, 0.15) is 80.1 Å². The molecule has 0 aromatic heterocycles. The first-order valence-corrected chi connectivity index (χ1v) is 19.9. The van der Waals surface area contributed by atoms with Crippen molar-refractivity contribution >= 4 is 30.4 Å². The van der Waals surface area contributed by atoms with Crippen molar-refractivity contribution in [2.75, 3.05) is 0 Å². The van der Waals surface area contributed by atoms with Crippen LogP contribution < -0.4 is 0 Å². The molecule has 1 aliphatic heterocycles. The van der Waals surface area contributed by atoms with E-state index < -0.39 is 71.3 Å². The molecular formula is C24H44O9Sn. The van der Waals surface area contributed by atoms with Crippen LogP contribution in [-0.2, 0) is 17.4 Å². The van der Waals surface area contributed by atoms with Crippen LogP contribution in [0.5, 0.6) is 0 Å². The predicted molar refractivity (Wildman–Crippen MR) is 127 cm³/mol. The molecule has 1 heterocycles. The van der Waals surface area contributed by atoms with E-state index in [1.165, 1.54) is 6.92 Å². The number of carbonyl (C=O) groups is 2. The molecule has 0 radical (unpaired) electrons. The van der Waals surface area contributed by atoms with Crippen molar-refractivity contribution in [3.05, 3.63) is 0 Å². The Morgan fingerprint density at radius 1 is 0.853 bits per heavy atom. The molecule has 5 N–H and O–H groups in total. The van der Waals surface area contributed by atoms with Crippen LogP contribution in [0.2, 0.25) is 13.3 Å².